The molecule has 0 N–H and O–H groups in total. The Balaban J connectivity index is 2.06. The Morgan fingerprint density at radius 1 is 1.25 bits per heavy atom. The molecule has 122 valence electrons. The Labute approximate surface area is 139 Å². The molecule has 2 aromatic rings. The van der Waals surface area contributed by atoms with Crippen LogP contribution in [-0.2, 0) is 16.1 Å². The van der Waals surface area contributed by atoms with Crippen LogP contribution in [0.5, 0.6) is 5.75 Å². The number of esters is 1. The number of aryl methyl sites for hydroxylation is 1. The summed E-state index contributed by atoms with van der Waals surface area (Å²) < 4.78 is 23.5. The second-order valence-corrected chi connectivity index (χ2v) is 5.13. The van der Waals surface area contributed by atoms with Gasteiger partial charge >= 0.3 is 5.97 Å². The molecule has 4 nitrogen and oxygen atoms in total. The normalized spacial score (nSPS) is 10.8. The van der Waals surface area contributed by atoms with Crippen LogP contribution in [0, 0.1) is 24.1 Å². The Morgan fingerprint density at radius 2 is 1.96 bits per heavy atom. The van der Waals surface area contributed by atoms with Crippen LogP contribution in [0.25, 0.3) is 6.08 Å². The van der Waals surface area contributed by atoms with Crippen molar-refractivity contribution < 1.29 is 18.7 Å². The van der Waals surface area contributed by atoms with Crippen LogP contribution in [0.2, 0.25) is 0 Å². The maximum atomic E-state index is 13.6. The highest BCUT2D eigenvalue weighted by Crippen LogP contribution is 2.18. The summed E-state index contributed by atoms with van der Waals surface area (Å²) in [6, 6.07) is 13.5. The summed E-state index contributed by atoms with van der Waals surface area (Å²) >= 11 is 0. The molecule has 2 aromatic carbocycles. The molecule has 0 atom stereocenters. The third-order valence-electron chi connectivity index (χ3n) is 3.31. The van der Waals surface area contributed by atoms with E-state index >= 15 is 0 Å². The number of hydrogen-bond donors (Lipinski definition) is 0. The second-order valence-electron chi connectivity index (χ2n) is 5.13. The fourth-order valence-corrected chi connectivity index (χ4v) is 1.99. The number of rotatable bonds is 5. The average Bonchev–Trinajstić information content (AvgIpc) is 2.59. The number of halogens is 1. The van der Waals surface area contributed by atoms with E-state index in [1.165, 1.54) is 25.3 Å². The SMILES string of the molecule is COc1ccc(COC(=O)/C(C#N)=C/c2ccc(C)cc2)cc1F. The molecule has 2 rings (SSSR count). The largest absolute Gasteiger partial charge is 0.494 e. The molecule has 0 amide bonds. The standard InChI is InChI=1S/C19H16FNO3/c1-13-3-5-14(6-4-13)9-16(11-21)19(22)24-12-15-7-8-18(23-2)17(20)10-15/h3-10H,12H2,1-2H3/b16-9+. The summed E-state index contributed by atoms with van der Waals surface area (Å²) in [7, 11) is 1.37. The summed E-state index contributed by atoms with van der Waals surface area (Å²) in [5, 5.41) is 9.13. The number of ether oxygens (including phenoxy) is 2. The van der Waals surface area contributed by atoms with E-state index in [0.29, 0.717) is 5.56 Å². The number of carbonyl (C=O) groups is 1. The third-order valence-corrected chi connectivity index (χ3v) is 3.31. The lowest BCUT2D eigenvalue weighted by atomic mass is 10.1. The van der Waals surface area contributed by atoms with Crippen LogP contribution >= 0.6 is 0 Å². The molecule has 0 aliphatic rings. The summed E-state index contributed by atoms with van der Waals surface area (Å²) in [5.74, 6) is -1.18. The van der Waals surface area contributed by atoms with Crippen LogP contribution in [0.4, 0.5) is 4.39 Å². The first-order valence-electron chi connectivity index (χ1n) is 7.21. The van der Waals surface area contributed by atoms with Gasteiger partial charge in [-0.15, -0.1) is 0 Å². The minimum Gasteiger partial charge on any atom is -0.494 e. The molecule has 0 saturated heterocycles. The van der Waals surface area contributed by atoms with Crippen molar-refractivity contribution in [2.45, 2.75) is 13.5 Å². The Hall–Kier alpha value is -3.13. The molecule has 0 fully saturated rings. The zero-order chi connectivity index (χ0) is 17.5. The predicted octanol–water partition coefficient (Wildman–Crippen LogP) is 3.79. The maximum absolute atomic E-state index is 13.6. The van der Waals surface area contributed by atoms with Gasteiger partial charge in [0.05, 0.1) is 7.11 Å². The summed E-state index contributed by atoms with van der Waals surface area (Å²) in [6.45, 7) is 1.81. The molecule has 0 aromatic heterocycles. The molecule has 0 bridgehead atoms. The third kappa shape index (κ3) is 4.43. The highest BCUT2D eigenvalue weighted by atomic mass is 19.1. The first-order valence-corrected chi connectivity index (χ1v) is 7.21. The van der Waals surface area contributed by atoms with Gasteiger partial charge in [-0.25, -0.2) is 9.18 Å². The minimum atomic E-state index is -0.755. The highest BCUT2D eigenvalue weighted by Gasteiger charge is 2.12. The lowest BCUT2D eigenvalue weighted by Crippen LogP contribution is -2.07. The summed E-state index contributed by atoms with van der Waals surface area (Å²) in [5.41, 5.74) is 2.15. The van der Waals surface area contributed by atoms with E-state index < -0.39 is 11.8 Å². The van der Waals surface area contributed by atoms with Gasteiger partial charge in [0.25, 0.3) is 0 Å². The van der Waals surface area contributed by atoms with Crippen molar-refractivity contribution in [3.8, 4) is 11.8 Å². The number of nitriles is 1. The minimum absolute atomic E-state index is 0.113. The molecule has 24 heavy (non-hydrogen) atoms. The summed E-state index contributed by atoms with van der Waals surface area (Å²) in [4.78, 5) is 12.0. The zero-order valence-electron chi connectivity index (χ0n) is 13.4. The van der Waals surface area contributed by atoms with Gasteiger partial charge in [-0.05, 0) is 36.3 Å². The topological polar surface area (TPSA) is 59.3 Å². The van der Waals surface area contributed by atoms with E-state index in [-0.39, 0.29) is 17.9 Å². The monoisotopic (exact) mass is 325 g/mol. The van der Waals surface area contributed by atoms with E-state index in [1.54, 1.807) is 18.2 Å². The van der Waals surface area contributed by atoms with Gasteiger partial charge in [-0.1, -0.05) is 35.9 Å². The lowest BCUT2D eigenvalue weighted by molar-refractivity contribution is -0.139. The van der Waals surface area contributed by atoms with Crippen molar-refractivity contribution in [2.75, 3.05) is 7.11 Å². The second kappa shape index (κ2) is 7.93. The van der Waals surface area contributed by atoms with E-state index in [1.807, 2.05) is 25.1 Å². The molecule has 0 heterocycles. The van der Waals surface area contributed by atoms with Crippen LogP contribution < -0.4 is 4.74 Å². The first kappa shape index (κ1) is 17.2. The Morgan fingerprint density at radius 3 is 2.54 bits per heavy atom. The molecule has 0 aliphatic heterocycles. The smallest absolute Gasteiger partial charge is 0.349 e. The van der Waals surface area contributed by atoms with E-state index in [2.05, 4.69) is 0 Å². The van der Waals surface area contributed by atoms with E-state index in [9.17, 15) is 9.18 Å². The average molecular weight is 325 g/mol. The molecule has 0 spiro atoms. The molecular formula is C19H16FNO3. The number of carbonyl (C=O) groups excluding carboxylic acids is 1. The first-order chi connectivity index (χ1) is 11.5. The van der Waals surface area contributed by atoms with E-state index in [0.717, 1.165) is 11.1 Å². The van der Waals surface area contributed by atoms with E-state index in [4.69, 9.17) is 14.7 Å². The lowest BCUT2D eigenvalue weighted by Gasteiger charge is -2.06. The predicted molar refractivity (Wildman–Crippen MR) is 87.5 cm³/mol. The number of benzene rings is 2. The van der Waals surface area contributed by atoms with Crippen LogP contribution in [0.3, 0.4) is 0 Å². The fraction of sp³-hybridized carbons (Fsp3) is 0.158. The molecule has 0 radical (unpaired) electrons. The Bertz CT molecular complexity index is 804. The van der Waals surface area contributed by atoms with Gasteiger partial charge in [0, 0.05) is 0 Å². The molecule has 5 heteroatoms. The zero-order valence-corrected chi connectivity index (χ0v) is 13.4. The Kier molecular flexibility index (Phi) is 5.69. The van der Waals surface area contributed by atoms with Gasteiger partial charge < -0.3 is 9.47 Å². The van der Waals surface area contributed by atoms with Gasteiger partial charge in [-0.2, -0.15) is 5.26 Å². The molecular weight excluding hydrogens is 309 g/mol. The quantitative estimate of drug-likeness (QED) is 0.477. The summed E-state index contributed by atoms with van der Waals surface area (Å²) in [6.07, 6.45) is 1.45. The molecule has 0 saturated carbocycles. The van der Waals surface area contributed by atoms with Gasteiger partial charge in [-0.3, -0.25) is 0 Å². The van der Waals surface area contributed by atoms with Gasteiger partial charge in [0.15, 0.2) is 11.6 Å². The number of nitrogens with zero attached hydrogens (tertiary/aromatic N) is 1. The maximum Gasteiger partial charge on any atom is 0.349 e. The van der Waals surface area contributed by atoms with Crippen LogP contribution in [0.1, 0.15) is 16.7 Å². The van der Waals surface area contributed by atoms with Gasteiger partial charge in [0.1, 0.15) is 18.2 Å². The van der Waals surface area contributed by atoms with Crippen LogP contribution in [-0.4, -0.2) is 13.1 Å². The molecule has 0 unspecified atom stereocenters. The molecule has 0 aliphatic carbocycles. The van der Waals surface area contributed by atoms with Crippen molar-refractivity contribution >= 4 is 12.0 Å². The highest BCUT2D eigenvalue weighted by molar-refractivity contribution is 5.97. The van der Waals surface area contributed by atoms with Gasteiger partial charge in [0.2, 0.25) is 0 Å². The van der Waals surface area contributed by atoms with Crippen molar-refractivity contribution in [1.82, 2.24) is 0 Å². The van der Waals surface area contributed by atoms with Crippen molar-refractivity contribution in [1.29, 1.82) is 5.26 Å². The van der Waals surface area contributed by atoms with Crippen molar-refractivity contribution in [2.24, 2.45) is 0 Å². The van der Waals surface area contributed by atoms with Crippen molar-refractivity contribution in [3.05, 3.63) is 70.5 Å². The fourth-order valence-electron chi connectivity index (χ4n) is 1.99. The number of hydrogen-bond acceptors (Lipinski definition) is 4. The van der Waals surface area contributed by atoms with Crippen LogP contribution in [0.15, 0.2) is 48.0 Å². The van der Waals surface area contributed by atoms with Crippen molar-refractivity contribution in [3.63, 3.8) is 0 Å². The number of methoxy groups -OCH3 is 1.